The molecule has 2 rings (SSSR count). The van der Waals surface area contributed by atoms with E-state index in [-0.39, 0.29) is 0 Å². The van der Waals surface area contributed by atoms with Crippen LogP contribution in [0.2, 0.25) is 5.02 Å². The number of rotatable bonds is 9. The van der Waals surface area contributed by atoms with E-state index in [0.717, 1.165) is 60.3 Å². The van der Waals surface area contributed by atoms with Crippen LogP contribution in [-0.2, 0) is 12.8 Å². The second kappa shape index (κ2) is 11.3. The van der Waals surface area contributed by atoms with E-state index >= 15 is 0 Å². The molecule has 0 heterocycles. The SMILES string of the molecule is CN=C(NCCc1ccc(OC)c(OC)c1)NCCc1ccc(OC)cc1Cl. The van der Waals surface area contributed by atoms with E-state index in [1.54, 1.807) is 28.4 Å². The molecule has 0 saturated heterocycles. The summed E-state index contributed by atoms with van der Waals surface area (Å²) in [5.74, 6) is 2.98. The Balaban J connectivity index is 1.79. The maximum Gasteiger partial charge on any atom is 0.190 e. The molecule has 28 heavy (non-hydrogen) atoms. The number of nitrogens with zero attached hydrogens (tertiary/aromatic N) is 1. The molecule has 152 valence electrons. The first-order chi connectivity index (χ1) is 13.6. The molecule has 2 aromatic carbocycles. The molecule has 0 aliphatic heterocycles. The van der Waals surface area contributed by atoms with E-state index in [4.69, 9.17) is 25.8 Å². The van der Waals surface area contributed by atoms with Gasteiger partial charge in [0.15, 0.2) is 17.5 Å². The van der Waals surface area contributed by atoms with Crippen molar-refractivity contribution in [2.75, 3.05) is 41.5 Å². The lowest BCUT2D eigenvalue weighted by atomic mass is 10.1. The fourth-order valence-electron chi connectivity index (χ4n) is 2.76. The van der Waals surface area contributed by atoms with Gasteiger partial charge in [-0.1, -0.05) is 23.7 Å². The Labute approximate surface area is 171 Å². The van der Waals surface area contributed by atoms with E-state index in [1.165, 1.54) is 0 Å². The van der Waals surface area contributed by atoms with Crippen molar-refractivity contribution in [3.63, 3.8) is 0 Å². The van der Waals surface area contributed by atoms with Gasteiger partial charge in [-0.2, -0.15) is 0 Å². The lowest BCUT2D eigenvalue weighted by Gasteiger charge is -2.13. The number of hydrogen-bond acceptors (Lipinski definition) is 4. The van der Waals surface area contributed by atoms with E-state index in [1.807, 2.05) is 36.4 Å². The molecule has 0 spiro atoms. The van der Waals surface area contributed by atoms with Crippen LogP contribution in [0.4, 0.5) is 0 Å². The van der Waals surface area contributed by atoms with Crippen LogP contribution in [0.1, 0.15) is 11.1 Å². The van der Waals surface area contributed by atoms with Crippen molar-refractivity contribution in [3.05, 3.63) is 52.5 Å². The fourth-order valence-corrected chi connectivity index (χ4v) is 3.02. The molecule has 0 aliphatic rings. The molecule has 0 saturated carbocycles. The second-order valence-electron chi connectivity index (χ2n) is 6.07. The topological polar surface area (TPSA) is 64.1 Å². The smallest absolute Gasteiger partial charge is 0.190 e. The molecule has 0 amide bonds. The van der Waals surface area contributed by atoms with Gasteiger partial charge in [-0.3, -0.25) is 4.99 Å². The van der Waals surface area contributed by atoms with Gasteiger partial charge in [0.1, 0.15) is 5.75 Å². The molecule has 0 aromatic heterocycles. The van der Waals surface area contributed by atoms with E-state index < -0.39 is 0 Å². The number of hydrogen-bond donors (Lipinski definition) is 2. The molecule has 2 N–H and O–H groups in total. The maximum absolute atomic E-state index is 6.28. The monoisotopic (exact) mass is 405 g/mol. The van der Waals surface area contributed by atoms with Crippen molar-refractivity contribution in [2.24, 2.45) is 4.99 Å². The predicted molar refractivity (Wildman–Crippen MR) is 114 cm³/mol. The van der Waals surface area contributed by atoms with Gasteiger partial charge in [0.05, 0.1) is 21.3 Å². The van der Waals surface area contributed by atoms with Crippen molar-refractivity contribution >= 4 is 17.6 Å². The van der Waals surface area contributed by atoms with Crippen LogP contribution in [0.5, 0.6) is 17.2 Å². The Kier molecular flexibility index (Phi) is 8.75. The average molecular weight is 406 g/mol. The highest BCUT2D eigenvalue weighted by molar-refractivity contribution is 6.31. The lowest BCUT2D eigenvalue weighted by Crippen LogP contribution is -2.39. The lowest BCUT2D eigenvalue weighted by molar-refractivity contribution is 0.354. The molecule has 2 aromatic rings. The third-order valence-corrected chi connectivity index (χ3v) is 4.68. The van der Waals surface area contributed by atoms with Crippen molar-refractivity contribution in [3.8, 4) is 17.2 Å². The quantitative estimate of drug-likeness (QED) is 0.495. The molecule has 0 fully saturated rings. The number of benzene rings is 2. The number of ether oxygens (including phenoxy) is 3. The normalized spacial score (nSPS) is 11.1. The summed E-state index contributed by atoms with van der Waals surface area (Å²) < 4.78 is 15.8. The van der Waals surface area contributed by atoms with Crippen LogP contribution < -0.4 is 24.8 Å². The number of aliphatic imine (C=N–C) groups is 1. The zero-order valence-corrected chi connectivity index (χ0v) is 17.6. The first-order valence-corrected chi connectivity index (χ1v) is 9.47. The largest absolute Gasteiger partial charge is 0.497 e. The first kappa shape index (κ1) is 21.7. The highest BCUT2D eigenvalue weighted by Crippen LogP contribution is 2.27. The van der Waals surface area contributed by atoms with Gasteiger partial charge in [-0.05, 0) is 48.2 Å². The van der Waals surface area contributed by atoms with Gasteiger partial charge in [-0.25, -0.2) is 0 Å². The fraction of sp³-hybridized carbons (Fsp3) is 0.381. The summed E-state index contributed by atoms with van der Waals surface area (Å²) in [7, 11) is 6.66. The Hall–Kier alpha value is -2.60. The maximum atomic E-state index is 6.28. The van der Waals surface area contributed by atoms with Gasteiger partial charge in [-0.15, -0.1) is 0 Å². The molecule has 7 heteroatoms. The molecule has 0 bridgehead atoms. The van der Waals surface area contributed by atoms with Crippen LogP contribution in [0.25, 0.3) is 0 Å². The number of nitrogens with one attached hydrogen (secondary N) is 2. The average Bonchev–Trinajstić information content (AvgIpc) is 2.73. The van der Waals surface area contributed by atoms with Crippen molar-refractivity contribution in [1.82, 2.24) is 10.6 Å². The Morgan fingerprint density at radius 3 is 2.21 bits per heavy atom. The van der Waals surface area contributed by atoms with Gasteiger partial charge >= 0.3 is 0 Å². The molecular weight excluding hydrogens is 378 g/mol. The summed E-state index contributed by atoms with van der Waals surface area (Å²) >= 11 is 6.28. The summed E-state index contributed by atoms with van der Waals surface area (Å²) in [6, 6.07) is 11.7. The standard InChI is InChI=1S/C21H28ClN3O3/c1-23-21(25-12-10-16-6-7-17(26-2)14-18(16)22)24-11-9-15-5-8-19(27-3)20(13-15)28-4/h5-8,13-14H,9-12H2,1-4H3,(H2,23,24,25). The Bertz CT molecular complexity index is 796. The minimum absolute atomic E-state index is 0.706. The molecule has 6 nitrogen and oxygen atoms in total. The van der Waals surface area contributed by atoms with Crippen LogP contribution >= 0.6 is 11.6 Å². The van der Waals surface area contributed by atoms with Gasteiger partial charge in [0.25, 0.3) is 0 Å². The van der Waals surface area contributed by atoms with Gasteiger partial charge in [0, 0.05) is 25.2 Å². The Morgan fingerprint density at radius 2 is 1.61 bits per heavy atom. The number of halogens is 1. The van der Waals surface area contributed by atoms with E-state index in [2.05, 4.69) is 15.6 Å². The zero-order valence-electron chi connectivity index (χ0n) is 16.8. The zero-order chi connectivity index (χ0) is 20.4. The van der Waals surface area contributed by atoms with E-state index in [9.17, 15) is 0 Å². The summed E-state index contributed by atoms with van der Waals surface area (Å²) in [5, 5.41) is 7.33. The van der Waals surface area contributed by atoms with Crippen molar-refractivity contribution < 1.29 is 14.2 Å². The van der Waals surface area contributed by atoms with Crippen LogP contribution in [0, 0.1) is 0 Å². The van der Waals surface area contributed by atoms with Crippen molar-refractivity contribution in [1.29, 1.82) is 0 Å². The summed E-state index contributed by atoms with van der Waals surface area (Å²) in [6.07, 6.45) is 1.63. The van der Waals surface area contributed by atoms with Crippen LogP contribution in [0.15, 0.2) is 41.4 Å². The summed E-state index contributed by atoms with van der Waals surface area (Å²) in [5.41, 5.74) is 2.22. The molecule has 0 atom stereocenters. The minimum Gasteiger partial charge on any atom is -0.497 e. The number of methoxy groups -OCH3 is 3. The highest BCUT2D eigenvalue weighted by Gasteiger charge is 2.06. The third kappa shape index (κ3) is 6.23. The summed E-state index contributed by atoms with van der Waals surface area (Å²) in [4.78, 5) is 4.26. The third-order valence-electron chi connectivity index (χ3n) is 4.32. The molecule has 0 unspecified atom stereocenters. The predicted octanol–water partition coefficient (Wildman–Crippen LogP) is 3.32. The Morgan fingerprint density at radius 1 is 0.893 bits per heavy atom. The first-order valence-electron chi connectivity index (χ1n) is 9.09. The van der Waals surface area contributed by atoms with Crippen molar-refractivity contribution in [2.45, 2.75) is 12.8 Å². The molecule has 0 radical (unpaired) electrons. The highest BCUT2D eigenvalue weighted by atomic mass is 35.5. The minimum atomic E-state index is 0.706. The van der Waals surface area contributed by atoms with Gasteiger partial charge < -0.3 is 24.8 Å². The molecular formula is C21H28ClN3O3. The van der Waals surface area contributed by atoms with Crippen LogP contribution in [-0.4, -0.2) is 47.4 Å². The summed E-state index contributed by atoms with van der Waals surface area (Å²) in [6.45, 7) is 1.47. The molecule has 0 aliphatic carbocycles. The van der Waals surface area contributed by atoms with Gasteiger partial charge in [0.2, 0.25) is 0 Å². The van der Waals surface area contributed by atoms with Crippen LogP contribution in [0.3, 0.4) is 0 Å². The second-order valence-corrected chi connectivity index (χ2v) is 6.48. The number of guanidine groups is 1. The van der Waals surface area contributed by atoms with E-state index in [0.29, 0.717) is 5.02 Å².